The zero-order chi connectivity index (χ0) is 34.0. The summed E-state index contributed by atoms with van der Waals surface area (Å²) in [5.74, 6) is 3.35. The van der Waals surface area contributed by atoms with E-state index in [-0.39, 0.29) is 5.41 Å². The minimum Gasteiger partial charge on any atom is -0.0622 e. The predicted molar refractivity (Wildman–Crippen MR) is 219 cm³/mol. The molecule has 0 atom stereocenters. The van der Waals surface area contributed by atoms with Crippen molar-refractivity contribution >= 4 is 32.3 Å². The van der Waals surface area contributed by atoms with Crippen molar-refractivity contribution in [1.29, 1.82) is 0 Å². The molecule has 4 saturated carbocycles. The molecule has 5 aliphatic carbocycles. The van der Waals surface area contributed by atoms with Gasteiger partial charge in [0, 0.05) is 5.41 Å². The summed E-state index contributed by atoms with van der Waals surface area (Å²) in [6, 6.07) is 60.0. The molecule has 0 heteroatoms. The highest BCUT2D eigenvalue weighted by molar-refractivity contribution is 6.21. The maximum absolute atomic E-state index is 2.64. The van der Waals surface area contributed by atoms with E-state index in [0.29, 0.717) is 0 Å². The lowest BCUT2D eigenvalue weighted by atomic mass is 9.43. The van der Waals surface area contributed by atoms with Crippen LogP contribution in [0, 0.1) is 23.7 Å². The molecule has 0 saturated heterocycles. The van der Waals surface area contributed by atoms with Gasteiger partial charge in [0.05, 0.1) is 0 Å². The van der Waals surface area contributed by atoms with Crippen LogP contribution < -0.4 is 0 Å². The largest absolute Gasteiger partial charge is 0.0622 e. The van der Waals surface area contributed by atoms with Gasteiger partial charge in [-0.05, 0) is 150 Å². The lowest BCUT2D eigenvalue weighted by Gasteiger charge is -2.61. The number of hydrogen-bond donors (Lipinski definition) is 0. The van der Waals surface area contributed by atoms with Gasteiger partial charge in [-0.3, -0.25) is 0 Å². The average molecular weight is 665 g/mol. The van der Waals surface area contributed by atoms with Crippen LogP contribution in [0.2, 0.25) is 0 Å². The van der Waals surface area contributed by atoms with Crippen LogP contribution in [-0.2, 0) is 5.41 Å². The topological polar surface area (TPSA) is 0 Å². The van der Waals surface area contributed by atoms with Crippen molar-refractivity contribution in [3.63, 3.8) is 0 Å². The molecule has 248 valence electrons. The van der Waals surface area contributed by atoms with Crippen molar-refractivity contribution in [1.82, 2.24) is 0 Å². The fourth-order valence-electron chi connectivity index (χ4n) is 12.3. The van der Waals surface area contributed by atoms with Crippen LogP contribution >= 0.6 is 0 Å². The van der Waals surface area contributed by atoms with Crippen molar-refractivity contribution in [2.75, 3.05) is 0 Å². The molecule has 5 aliphatic rings. The molecular weight excluding hydrogens is 625 g/mol. The lowest BCUT2D eigenvalue weighted by Crippen LogP contribution is -2.55. The quantitative estimate of drug-likeness (QED) is 0.165. The molecule has 4 bridgehead atoms. The van der Waals surface area contributed by atoms with Crippen molar-refractivity contribution in [2.45, 2.75) is 37.5 Å². The monoisotopic (exact) mass is 664 g/mol. The summed E-state index contributed by atoms with van der Waals surface area (Å²) in [4.78, 5) is 0. The Bertz CT molecular complexity index is 2650. The highest BCUT2D eigenvalue weighted by atomic mass is 14.6. The van der Waals surface area contributed by atoms with Crippen molar-refractivity contribution in [2.24, 2.45) is 23.7 Å². The Hall–Kier alpha value is -5.46. The first-order chi connectivity index (χ1) is 25.8. The van der Waals surface area contributed by atoms with E-state index >= 15 is 0 Å². The van der Waals surface area contributed by atoms with Gasteiger partial charge in [0.25, 0.3) is 0 Å². The molecule has 0 aliphatic heterocycles. The molecule has 52 heavy (non-hydrogen) atoms. The van der Waals surface area contributed by atoms with Crippen LogP contribution in [0.5, 0.6) is 0 Å². The fourth-order valence-corrected chi connectivity index (χ4v) is 12.3. The van der Waals surface area contributed by atoms with E-state index in [1.54, 1.807) is 11.1 Å². The minimum absolute atomic E-state index is 0.132. The lowest BCUT2D eigenvalue weighted by molar-refractivity contribution is -0.0393. The molecule has 0 heterocycles. The van der Waals surface area contributed by atoms with Gasteiger partial charge in [-0.2, -0.15) is 0 Å². The summed E-state index contributed by atoms with van der Waals surface area (Å²) in [6.45, 7) is 0. The third kappa shape index (κ3) is 3.88. The van der Waals surface area contributed by atoms with Gasteiger partial charge in [-0.15, -0.1) is 0 Å². The van der Waals surface area contributed by atoms with Gasteiger partial charge in [0.1, 0.15) is 0 Å². The Labute approximate surface area is 305 Å². The van der Waals surface area contributed by atoms with E-state index in [9.17, 15) is 0 Å². The van der Waals surface area contributed by atoms with Crippen LogP contribution in [0.4, 0.5) is 0 Å². The Kier molecular flexibility index (Phi) is 6.04. The summed E-state index contributed by atoms with van der Waals surface area (Å²) in [5.41, 5.74) is 14.2. The summed E-state index contributed by atoms with van der Waals surface area (Å²) in [6.07, 6.45) is 7.08. The van der Waals surface area contributed by atoms with Gasteiger partial charge in [-0.25, -0.2) is 0 Å². The van der Waals surface area contributed by atoms with Gasteiger partial charge in [-0.1, -0.05) is 152 Å². The van der Waals surface area contributed by atoms with Gasteiger partial charge in [0.2, 0.25) is 0 Å². The average Bonchev–Trinajstić information content (AvgIpc) is 3.49. The highest BCUT2D eigenvalue weighted by Crippen LogP contribution is 2.70. The zero-order valence-electron chi connectivity index (χ0n) is 29.4. The minimum atomic E-state index is 0.132. The Morgan fingerprint density at radius 3 is 1.46 bits per heavy atom. The second-order valence-electron chi connectivity index (χ2n) is 16.4. The van der Waals surface area contributed by atoms with Gasteiger partial charge < -0.3 is 0 Å². The molecule has 0 N–H and O–H groups in total. The third-order valence-electron chi connectivity index (χ3n) is 14.0. The molecule has 8 aromatic rings. The first-order valence-electron chi connectivity index (χ1n) is 19.5. The summed E-state index contributed by atoms with van der Waals surface area (Å²) in [7, 11) is 0. The molecule has 0 radical (unpaired) electrons. The van der Waals surface area contributed by atoms with Crippen molar-refractivity contribution < 1.29 is 0 Å². The van der Waals surface area contributed by atoms with E-state index in [2.05, 4.69) is 158 Å². The predicted octanol–water partition coefficient (Wildman–Crippen LogP) is 13.9. The summed E-state index contributed by atoms with van der Waals surface area (Å²) in [5, 5.41) is 8.11. The molecule has 1 spiro atoms. The Balaban J connectivity index is 1.02. The van der Waals surface area contributed by atoms with E-state index in [1.807, 2.05) is 0 Å². The second kappa shape index (κ2) is 10.8. The van der Waals surface area contributed by atoms with Crippen molar-refractivity contribution in [3.05, 3.63) is 169 Å². The number of fused-ring (bicyclic) bond motifs is 7. The number of benzene rings is 8. The number of rotatable bonds is 3. The molecule has 0 nitrogen and oxygen atoms in total. The number of hydrogen-bond acceptors (Lipinski definition) is 0. The molecule has 0 unspecified atom stereocenters. The zero-order valence-corrected chi connectivity index (χ0v) is 29.4. The maximum atomic E-state index is 2.64. The van der Waals surface area contributed by atoms with Gasteiger partial charge in [0.15, 0.2) is 0 Å². The Morgan fingerprint density at radius 2 is 0.846 bits per heavy atom. The van der Waals surface area contributed by atoms with Crippen LogP contribution in [0.1, 0.15) is 43.2 Å². The Morgan fingerprint density at radius 1 is 0.365 bits per heavy atom. The molecule has 4 fully saturated rings. The molecule has 8 aromatic carbocycles. The summed E-state index contributed by atoms with van der Waals surface area (Å²) < 4.78 is 0. The fraction of sp³-hybridized carbons (Fsp3) is 0.192. The van der Waals surface area contributed by atoms with E-state index in [4.69, 9.17) is 0 Å². The van der Waals surface area contributed by atoms with Gasteiger partial charge >= 0.3 is 0 Å². The highest BCUT2D eigenvalue weighted by Gasteiger charge is 2.62. The van der Waals surface area contributed by atoms with E-state index in [0.717, 1.165) is 23.7 Å². The molecule has 13 rings (SSSR count). The first kappa shape index (κ1) is 29.2. The molecular formula is C52H40. The van der Waals surface area contributed by atoms with Crippen LogP contribution in [0.15, 0.2) is 158 Å². The first-order valence-corrected chi connectivity index (χ1v) is 19.5. The van der Waals surface area contributed by atoms with Crippen LogP contribution in [-0.4, -0.2) is 0 Å². The van der Waals surface area contributed by atoms with Crippen LogP contribution in [0.25, 0.3) is 76.8 Å². The van der Waals surface area contributed by atoms with E-state index in [1.165, 1.54) is 109 Å². The third-order valence-corrected chi connectivity index (χ3v) is 14.0. The standard InChI is InChI=1S/C52H40/c1-2-11-36(12-3-1)49-43-14-6-8-16-45(43)50(46-17-9-7-15-44(46)49)37-20-18-34(19-21-37)38-23-24-42-47-25-22-35-10-4-5-13-41(35)51(47)52(48(42)31-38)39-27-32-26-33(29-39)30-40(52)28-32/h1-25,31-33,39-40H,26-30H2. The summed E-state index contributed by atoms with van der Waals surface area (Å²) >= 11 is 0. The van der Waals surface area contributed by atoms with Crippen molar-refractivity contribution in [3.8, 4) is 44.5 Å². The van der Waals surface area contributed by atoms with Crippen LogP contribution in [0.3, 0.4) is 0 Å². The maximum Gasteiger partial charge on any atom is 0.0278 e. The SMILES string of the molecule is c1ccc(-c2c3ccccc3c(-c3ccc(-c4ccc5c(c4)C4(c6c-5ccc5ccccc65)C5CC6CC(C5)CC4C6)cc3)c3ccccc23)cc1. The second-order valence-corrected chi connectivity index (χ2v) is 16.4. The smallest absolute Gasteiger partial charge is 0.0278 e. The van der Waals surface area contributed by atoms with E-state index < -0.39 is 0 Å². The normalized spacial score (nSPS) is 23.8. The molecule has 0 aromatic heterocycles. The molecule has 0 amide bonds.